The standard InChI is InChI=1S/C14H9F6N/c15-11-3-1-8(5-10(11)14(18,19)20)7-21-9-2-4-12(16)13(17)6-9/h1-6,21H,7H2. The number of hydrogen-bond acceptors (Lipinski definition) is 1. The molecule has 7 heteroatoms. The van der Waals surface area contributed by atoms with Crippen molar-refractivity contribution >= 4 is 5.69 Å². The molecule has 0 bridgehead atoms. The lowest BCUT2D eigenvalue weighted by molar-refractivity contribution is -0.140. The molecule has 0 heterocycles. The number of benzene rings is 2. The molecular formula is C14H9F6N. The molecule has 0 aliphatic heterocycles. The lowest BCUT2D eigenvalue weighted by Crippen LogP contribution is -2.10. The van der Waals surface area contributed by atoms with Crippen LogP contribution in [-0.4, -0.2) is 0 Å². The molecule has 0 saturated heterocycles. The van der Waals surface area contributed by atoms with Crippen molar-refractivity contribution in [2.45, 2.75) is 12.7 Å². The maximum absolute atomic E-state index is 13.1. The van der Waals surface area contributed by atoms with Crippen LogP contribution in [0.1, 0.15) is 11.1 Å². The summed E-state index contributed by atoms with van der Waals surface area (Å²) in [5, 5.41) is 2.63. The van der Waals surface area contributed by atoms with Gasteiger partial charge >= 0.3 is 6.18 Å². The number of rotatable bonds is 3. The van der Waals surface area contributed by atoms with E-state index < -0.39 is 29.2 Å². The number of anilines is 1. The van der Waals surface area contributed by atoms with Gasteiger partial charge in [0.15, 0.2) is 11.6 Å². The van der Waals surface area contributed by atoms with E-state index in [0.717, 1.165) is 12.1 Å². The van der Waals surface area contributed by atoms with Gasteiger partial charge in [0, 0.05) is 18.3 Å². The highest BCUT2D eigenvalue weighted by atomic mass is 19.4. The Hall–Kier alpha value is -2.18. The molecule has 0 fully saturated rings. The summed E-state index contributed by atoms with van der Waals surface area (Å²) in [4.78, 5) is 0. The van der Waals surface area contributed by atoms with Crippen molar-refractivity contribution in [1.29, 1.82) is 0 Å². The monoisotopic (exact) mass is 305 g/mol. The highest BCUT2D eigenvalue weighted by molar-refractivity contribution is 5.44. The smallest absolute Gasteiger partial charge is 0.381 e. The van der Waals surface area contributed by atoms with E-state index in [1.807, 2.05) is 0 Å². The van der Waals surface area contributed by atoms with Crippen LogP contribution in [0, 0.1) is 17.5 Å². The van der Waals surface area contributed by atoms with Gasteiger partial charge in [-0.15, -0.1) is 0 Å². The molecule has 0 saturated carbocycles. The molecule has 0 atom stereocenters. The second-order valence-corrected chi connectivity index (χ2v) is 4.29. The zero-order valence-corrected chi connectivity index (χ0v) is 10.4. The highest BCUT2D eigenvalue weighted by Crippen LogP contribution is 2.32. The Bertz CT molecular complexity index is 650. The topological polar surface area (TPSA) is 12.0 Å². The van der Waals surface area contributed by atoms with Gasteiger partial charge in [-0.25, -0.2) is 13.2 Å². The summed E-state index contributed by atoms with van der Waals surface area (Å²) in [5.41, 5.74) is -1.01. The van der Waals surface area contributed by atoms with E-state index in [0.29, 0.717) is 12.1 Å². The Balaban J connectivity index is 2.15. The molecule has 0 amide bonds. The van der Waals surface area contributed by atoms with Gasteiger partial charge in [0.1, 0.15) is 5.82 Å². The van der Waals surface area contributed by atoms with E-state index in [9.17, 15) is 26.3 Å². The summed E-state index contributed by atoms with van der Waals surface area (Å²) in [6, 6.07) is 5.57. The third-order valence-electron chi connectivity index (χ3n) is 2.75. The summed E-state index contributed by atoms with van der Waals surface area (Å²) < 4.78 is 76.4. The average molecular weight is 305 g/mol. The lowest BCUT2D eigenvalue weighted by Gasteiger charge is -2.11. The fraction of sp³-hybridized carbons (Fsp3) is 0.143. The maximum atomic E-state index is 13.1. The molecule has 0 radical (unpaired) electrons. The minimum atomic E-state index is -4.79. The summed E-state index contributed by atoms with van der Waals surface area (Å²) in [7, 11) is 0. The first-order valence-corrected chi connectivity index (χ1v) is 5.82. The summed E-state index contributed by atoms with van der Waals surface area (Å²) in [6.07, 6.45) is -4.79. The summed E-state index contributed by atoms with van der Waals surface area (Å²) in [5.74, 6) is -3.46. The highest BCUT2D eigenvalue weighted by Gasteiger charge is 2.34. The lowest BCUT2D eigenvalue weighted by atomic mass is 10.1. The van der Waals surface area contributed by atoms with Crippen LogP contribution in [0.3, 0.4) is 0 Å². The first-order valence-electron chi connectivity index (χ1n) is 5.82. The Morgan fingerprint density at radius 1 is 0.810 bits per heavy atom. The van der Waals surface area contributed by atoms with Crippen LogP contribution in [0.5, 0.6) is 0 Å². The van der Waals surface area contributed by atoms with Crippen molar-refractivity contribution in [3.63, 3.8) is 0 Å². The Morgan fingerprint density at radius 3 is 2.10 bits per heavy atom. The van der Waals surface area contributed by atoms with Crippen LogP contribution in [-0.2, 0) is 12.7 Å². The van der Waals surface area contributed by atoms with Crippen molar-refractivity contribution in [3.05, 3.63) is 65.0 Å². The third kappa shape index (κ3) is 3.68. The van der Waals surface area contributed by atoms with Gasteiger partial charge in [-0.05, 0) is 29.8 Å². The SMILES string of the molecule is Fc1ccc(NCc2ccc(F)c(C(F)(F)F)c2)cc1F. The Kier molecular flexibility index (Phi) is 4.11. The average Bonchev–Trinajstić information content (AvgIpc) is 2.40. The first-order chi connectivity index (χ1) is 9.77. The van der Waals surface area contributed by atoms with Crippen molar-refractivity contribution in [3.8, 4) is 0 Å². The molecule has 21 heavy (non-hydrogen) atoms. The van der Waals surface area contributed by atoms with Crippen molar-refractivity contribution in [2.24, 2.45) is 0 Å². The molecule has 0 aromatic heterocycles. The van der Waals surface area contributed by atoms with Gasteiger partial charge in [-0.3, -0.25) is 0 Å². The molecule has 1 nitrogen and oxygen atoms in total. The predicted molar refractivity (Wildman–Crippen MR) is 65.1 cm³/mol. The Morgan fingerprint density at radius 2 is 1.48 bits per heavy atom. The van der Waals surface area contributed by atoms with E-state index in [2.05, 4.69) is 5.32 Å². The fourth-order valence-corrected chi connectivity index (χ4v) is 1.71. The molecule has 1 N–H and O–H groups in total. The van der Waals surface area contributed by atoms with E-state index >= 15 is 0 Å². The molecule has 2 rings (SSSR count). The molecule has 0 spiro atoms. The van der Waals surface area contributed by atoms with Crippen LogP contribution in [0.4, 0.5) is 32.0 Å². The minimum absolute atomic E-state index is 0.0889. The number of alkyl halides is 3. The third-order valence-corrected chi connectivity index (χ3v) is 2.75. The number of hydrogen-bond donors (Lipinski definition) is 1. The van der Waals surface area contributed by atoms with E-state index in [-0.39, 0.29) is 17.8 Å². The molecular weight excluding hydrogens is 296 g/mol. The van der Waals surface area contributed by atoms with Crippen molar-refractivity contribution < 1.29 is 26.3 Å². The predicted octanol–water partition coefficient (Wildman–Crippen LogP) is 4.73. The van der Waals surface area contributed by atoms with Gasteiger partial charge in [0.25, 0.3) is 0 Å². The van der Waals surface area contributed by atoms with E-state index in [4.69, 9.17) is 0 Å². The van der Waals surface area contributed by atoms with E-state index in [1.165, 1.54) is 12.1 Å². The maximum Gasteiger partial charge on any atom is 0.419 e. The van der Waals surface area contributed by atoms with Gasteiger partial charge in [-0.1, -0.05) is 6.07 Å². The quantitative estimate of drug-likeness (QED) is 0.808. The molecule has 2 aromatic carbocycles. The van der Waals surface area contributed by atoms with Crippen LogP contribution in [0.25, 0.3) is 0 Å². The van der Waals surface area contributed by atoms with Crippen molar-refractivity contribution in [1.82, 2.24) is 0 Å². The van der Waals surface area contributed by atoms with E-state index in [1.54, 1.807) is 0 Å². The van der Waals surface area contributed by atoms with Gasteiger partial charge < -0.3 is 5.32 Å². The normalized spacial score (nSPS) is 11.5. The Labute approximate surface area is 116 Å². The van der Waals surface area contributed by atoms with Crippen LogP contribution in [0.15, 0.2) is 36.4 Å². The molecule has 0 unspecified atom stereocenters. The number of nitrogens with one attached hydrogen (secondary N) is 1. The van der Waals surface area contributed by atoms with Gasteiger partial charge in [-0.2, -0.15) is 13.2 Å². The van der Waals surface area contributed by atoms with Crippen molar-refractivity contribution in [2.75, 3.05) is 5.32 Å². The van der Waals surface area contributed by atoms with Crippen LogP contribution >= 0.6 is 0 Å². The molecule has 112 valence electrons. The zero-order valence-electron chi connectivity index (χ0n) is 10.4. The largest absolute Gasteiger partial charge is 0.419 e. The second-order valence-electron chi connectivity index (χ2n) is 4.29. The van der Waals surface area contributed by atoms with Crippen LogP contribution < -0.4 is 5.32 Å². The van der Waals surface area contributed by atoms with Gasteiger partial charge in [0.2, 0.25) is 0 Å². The van der Waals surface area contributed by atoms with Gasteiger partial charge in [0.05, 0.1) is 5.56 Å². The number of halogens is 6. The molecule has 0 aliphatic carbocycles. The zero-order chi connectivity index (χ0) is 15.6. The first kappa shape index (κ1) is 15.2. The summed E-state index contributed by atoms with van der Waals surface area (Å²) in [6.45, 7) is -0.0889. The molecule has 2 aromatic rings. The second kappa shape index (κ2) is 5.67. The fourth-order valence-electron chi connectivity index (χ4n) is 1.71. The summed E-state index contributed by atoms with van der Waals surface area (Å²) >= 11 is 0. The molecule has 0 aliphatic rings. The minimum Gasteiger partial charge on any atom is -0.381 e. The van der Waals surface area contributed by atoms with Crippen LogP contribution in [0.2, 0.25) is 0 Å².